The standard InChI is InChI=1S/C10H7Cl2NO3S2/c11-9-3-8(10(12)17-9)18(15,16)5-6-4-13-2-1-7(6)14/h1-4H,5H2,(H,13,14). The fraction of sp³-hybridized carbons (Fsp3) is 0.100. The second kappa shape index (κ2) is 5.05. The van der Waals surface area contributed by atoms with E-state index >= 15 is 0 Å². The maximum Gasteiger partial charge on any atom is 0.185 e. The fourth-order valence-corrected chi connectivity index (χ4v) is 4.98. The van der Waals surface area contributed by atoms with Crippen molar-refractivity contribution in [1.82, 2.24) is 4.98 Å². The number of hydrogen-bond donors (Lipinski definition) is 1. The number of pyridine rings is 1. The van der Waals surface area contributed by atoms with E-state index in [1.165, 1.54) is 24.5 Å². The highest BCUT2D eigenvalue weighted by Gasteiger charge is 2.22. The van der Waals surface area contributed by atoms with Crippen molar-refractivity contribution in [3.05, 3.63) is 49.0 Å². The Morgan fingerprint density at radius 3 is 2.61 bits per heavy atom. The highest BCUT2D eigenvalue weighted by molar-refractivity contribution is 7.91. The number of halogens is 2. The zero-order valence-corrected chi connectivity index (χ0v) is 12.0. The highest BCUT2D eigenvalue weighted by atomic mass is 35.5. The van der Waals surface area contributed by atoms with Crippen LogP contribution in [0.15, 0.2) is 34.2 Å². The summed E-state index contributed by atoms with van der Waals surface area (Å²) >= 11 is 12.5. The molecule has 0 aliphatic heterocycles. The van der Waals surface area contributed by atoms with Crippen LogP contribution in [0.2, 0.25) is 8.67 Å². The van der Waals surface area contributed by atoms with Gasteiger partial charge in [0.2, 0.25) is 0 Å². The minimum atomic E-state index is -3.67. The van der Waals surface area contributed by atoms with Crippen LogP contribution in [0.4, 0.5) is 0 Å². The molecule has 4 nitrogen and oxygen atoms in total. The first-order valence-electron chi connectivity index (χ1n) is 4.74. The van der Waals surface area contributed by atoms with E-state index < -0.39 is 15.6 Å². The van der Waals surface area contributed by atoms with E-state index in [1.807, 2.05) is 0 Å². The summed E-state index contributed by atoms with van der Waals surface area (Å²) < 4.78 is 24.6. The molecule has 0 aliphatic carbocycles. The molecule has 0 atom stereocenters. The summed E-state index contributed by atoms with van der Waals surface area (Å²) in [6, 6.07) is 2.56. The molecule has 0 saturated heterocycles. The Morgan fingerprint density at radius 1 is 1.33 bits per heavy atom. The zero-order valence-electron chi connectivity index (χ0n) is 8.81. The number of sulfone groups is 1. The molecule has 0 aromatic carbocycles. The maximum absolute atomic E-state index is 12.1. The highest BCUT2D eigenvalue weighted by Crippen LogP contribution is 2.35. The summed E-state index contributed by atoms with van der Waals surface area (Å²) in [6.45, 7) is 0. The lowest BCUT2D eigenvalue weighted by Gasteiger charge is -2.02. The Kier molecular flexibility index (Phi) is 3.82. The molecule has 0 bridgehead atoms. The third-order valence-corrected chi connectivity index (χ3v) is 5.62. The maximum atomic E-state index is 12.1. The lowest BCUT2D eigenvalue weighted by atomic mass is 10.3. The molecule has 2 aromatic rings. The van der Waals surface area contributed by atoms with E-state index in [0.29, 0.717) is 4.34 Å². The average molecular weight is 324 g/mol. The summed E-state index contributed by atoms with van der Waals surface area (Å²) in [4.78, 5) is 14.1. The molecule has 2 aromatic heterocycles. The molecule has 1 N–H and O–H groups in total. The molecule has 2 heterocycles. The van der Waals surface area contributed by atoms with Gasteiger partial charge in [-0.15, -0.1) is 11.3 Å². The molecule has 0 saturated carbocycles. The topological polar surface area (TPSA) is 67.0 Å². The molecule has 0 fully saturated rings. The van der Waals surface area contributed by atoms with Crippen LogP contribution >= 0.6 is 34.5 Å². The average Bonchev–Trinajstić information content (AvgIpc) is 2.62. The van der Waals surface area contributed by atoms with E-state index in [-0.39, 0.29) is 20.2 Å². The normalized spacial score (nSPS) is 11.7. The second-order valence-electron chi connectivity index (χ2n) is 3.48. The molecular formula is C10H7Cl2NO3S2. The fourth-order valence-electron chi connectivity index (χ4n) is 1.38. The first-order valence-corrected chi connectivity index (χ1v) is 7.96. The third-order valence-electron chi connectivity index (χ3n) is 2.21. The molecule has 0 spiro atoms. The summed E-state index contributed by atoms with van der Waals surface area (Å²) in [5.41, 5.74) is -0.175. The SMILES string of the molecule is O=c1cc[nH]cc1CS(=O)(=O)c1cc(Cl)sc1Cl. The van der Waals surface area contributed by atoms with E-state index in [1.54, 1.807) is 0 Å². The Labute approximate surface area is 117 Å². The monoisotopic (exact) mass is 323 g/mol. The predicted octanol–water partition coefficient (Wildman–Crippen LogP) is 2.72. The van der Waals surface area contributed by atoms with E-state index in [9.17, 15) is 13.2 Å². The van der Waals surface area contributed by atoms with Crippen LogP contribution in [0.5, 0.6) is 0 Å². The molecule has 0 aliphatic rings. The Hall–Kier alpha value is -0.820. The second-order valence-corrected chi connectivity index (χ2v) is 7.72. The summed E-state index contributed by atoms with van der Waals surface area (Å²) in [5.74, 6) is -0.407. The van der Waals surface area contributed by atoms with Gasteiger partial charge in [-0.05, 0) is 6.07 Å². The predicted molar refractivity (Wildman–Crippen MR) is 72.3 cm³/mol. The first-order chi connectivity index (χ1) is 8.40. The Morgan fingerprint density at radius 2 is 2.06 bits per heavy atom. The van der Waals surface area contributed by atoms with Crippen molar-refractivity contribution in [3.8, 4) is 0 Å². The van der Waals surface area contributed by atoms with Gasteiger partial charge in [0.15, 0.2) is 15.3 Å². The summed E-state index contributed by atoms with van der Waals surface area (Å²) in [5, 5.41) is 0. The van der Waals surface area contributed by atoms with Crippen molar-refractivity contribution >= 4 is 44.4 Å². The van der Waals surface area contributed by atoms with Crippen molar-refractivity contribution < 1.29 is 8.42 Å². The summed E-state index contributed by atoms with van der Waals surface area (Å²) in [7, 11) is -3.67. The third kappa shape index (κ3) is 2.77. The number of aromatic nitrogens is 1. The van der Waals surface area contributed by atoms with Crippen molar-refractivity contribution in [1.29, 1.82) is 0 Å². The van der Waals surface area contributed by atoms with E-state index in [2.05, 4.69) is 4.98 Å². The van der Waals surface area contributed by atoms with Gasteiger partial charge in [-0.1, -0.05) is 23.2 Å². The molecule has 0 amide bonds. The van der Waals surface area contributed by atoms with Gasteiger partial charge in [0.25, 0.3) is 0 Å². The van der Waals surface area contributed by atoms with Gasteiger partial charge in [0, 0.05) is 24.0 Å². The number of aromatic amines is 1. The van der Waals surface area contributed by atoms with Crippen LogP contribution in [0.1, 0.15) is 5.56 Å². The molecule has 0 radical (unpaired) electrons. The van der Waals surface area contributed by atoms with Gasteiger partial charge < -0.3 is 4.98 Å². The first kappa shape index (κ1) is 13.6. The minimum absolute atomic E-state index is 0.0394. The van der Waals surface area contributed by atoms with Crippen LogP contribution in [-0.4, -0.2) is 13.4 Å². The Balaban J connectivity index is 2.43. The molecule has 2 rings (SSSR count). The zero-order chi connectivity index (χ0) is 13.3. The van der Waals surface area contributed by atoms with Gasteiger partial charge in [0.1, 0.15) is 4.34 Å². The molecule has 96 valence electrons. The molecule has 18 heavy (non-hydrogen) atoms. The van der Waals surface area contributed by atoms with Gasteiger partial charge in [-0.3, -0.25) is 4.79 Å². The van der Waals surface area contributed by atoms with Crippen LogP contribution in [0, 0.1) is 0 Å². The van der Waals surface area contributed by atoms with Gasteiger partial charge in [-0.25, -0.2) is 8.42 Å². The van der Waals surface area contributed by atoms with Crippen molar-refractivity contribution in [2.24, 2.45) is 0 Å². The van der Waals surface area contributed by atoms with Crippen LogP contribution in [0.3, 0.4) is 0 Å². The van der Waals surface area contributed by atoms with Crippen LogP contribution in [-0.2, 0) is 15.6 Å². The lowest BCUT2D eigenvalue weighted by Crippen LogP contribution is -2.13. The summed E-state index contributed by atoms with van der Waals surface area (Å²) in [6.07, 6.45) is 2.80. The van der Waals surface area contributed by atoms with Crippen molar-refractivity contribution in [3.63, 3.8) is 0 Å². The quantitative estimate of drug-likeness (QED) is 0.944. The van der Waals surface area contributed by atoms with Crippen LogP contribution in [0.25, 0.3) is 0 Å². The van der Waals surface area contributed by atoms with Crippen molar-refractivity contribution in [2.75, 3.05) is 0 Å². The number of H-pyrrole nitrogens is 1. The number of nitrogens with one attached hydrogen (secondary N) is 1. The lowest BCUT2D eigenvalue weighted by molar-refractivity contribution is 0.595. The van der Waals surface area contributed by atoms with Crippen LogP contribution < -0.4 is 5.43 Å². The number of rotatable bonds is 3. The van der Waals surface area contributed by atoms with Gasteiger partial charge >= 0.3 is 0 Å². The number of thiophene rings is 1. The molecular weight excluding hydrogens is 317 g/mol. The van der Waals surface area contributed by atoms with Crippen molar-refractivity contribution in [2.45, 2.75) is 10.6 Å². The molecule has 0 unspecified atom stereocenters. The van der Waals surface area contributed by atoms with Gasteiger partial charge in [-0.2, -0.15) is 0 Å². The molecule has 8 heteroatoms. The van der Waals surface area contributed by atoms with E-state index in [0.717, 1.165) is 11.3 Å². The largest absolute Gasteiger partial charge is 0.367 e. The number of hydrogen-bond acceptors (Lipinski definition) is 4. The Bertz CT molecular complexity index is 734. The van der Waals surface area contributed by atoms with Gasteiger partial charge in [0.05, 0.1) is 15.0 Å². The van der Waals surface area contributed by atoms with E-state index in [4.69, 9.17) is 23.2 Å². The smallest absolute Gasteiger partial charge is 0.185 e. The minimum Gasteiger partial charge on any atom is -0.367 e.